The van der Waals surface area contributed by atoms with Gasteiger partial charge in [-0.25, -0.2) is 0 Å². The highest BCUT2D eigenvalue weighted by atomic mass is 16.5. The molecule has 0 saturated heterocycles. The number of aliphatic hydroxyl groups excluding tert-OH is 1. The van der Waals surface area contributed by atoms with Crippen molar-refractivity contribution in [1.82, 2.24) is 5.32 Å². The first-order chi connectivity index (χ1) is 11.8. The van der Waals surface area contributed by atoms with E-state index >= 15 is 0 Å². The first kappa shape index (κ1) is 17.0. The van der Waals surface area contributed by atoms with Gasteiger partial charge in [0.2, 0.25) is 0 Å². The lowest BCUT2D eigenvalue weighted by molar-refractivity contribution is 0.140. The molecule has 0 spiro atoms. The van der Waals surface area contributed by atoms with E-state index in [1.807, 2.05) is 30.3 Å². The lowest BCUT2D eigenvalue weighted by Crippen LogP contribution is -2.28. The van der Waals surface area contributed by atoms with Gasteiger partial charge >= 0.3 is 0 Å². The third-order valence-electron chi connectivity index (χ3n) is 4.39. The van der Waals surface area contributed by atoms with E-state index in [1.165, 1.54) is 11.1 Å². The molecule has 24 heavy (non-hydrogen) atoms. The molecule has 0 heterocycles. The van der Waals surface area contributed by atoms with Gasteiger partial charge in [0, 0.05) is 33.1 Å². The Bertz CT molecular complexity index is 659. The van der Waals surface area contributed by atoms with Crippen molar-refractivity contribution < 1.29 is 14.6 Å². The Hall–Kier alpha value is -1.88. The quantitative estimate of drug-likeness (QED) is 0.732. The minimum Gasteiger partial charge on any atom is -0.493 e. The summed E-state index contributed by atoms with van der Waals surface area (Å²) in [5.74, 6) is 0.873. The van der Waals surface area contributed by atoms with Gasteiger partial charge in [-0.2, -0.15) is 0 Å². The van der Waals surface area contributed by atoms with E-state index in [1.54, 1.807) is 7.11 Å². The Morgan fingerprint density at radius 1 is 1.12 bits per heavy atom. The summed E-state index contributed by atoms with van der Waals surface area (Å²) in [6.07, 6.45) is 1.23. The van der Waals surface area contributed by atoms with Gasteiger partial charge in [-0.05, 0) is 28.8 Å². The highest BCUT2D eigenvalue weighted by Crippen LogP contribution is 2.31. The number of rotatable bonds is 8. The zero-order valence-corrected chi connectivity index (χ0v) is 14.1. The van der Waals surface area contributed by atoms with Crippen molar-refractivity contribution in [3.63, 3.8) is 0 Å². The van der Waals surface area contributed by atoms with Crippen molar-refractivity contribution in [2.24, 2.45) is 0 Å². The largest absolute Gasteiger partial charge is 0.493 e. The topological polar surface area (TPSA) is 50.7 Å². The van der Waals surface area contributed by atoms with Crippen LogP contribution in [-0.2, 0) is 17.7 Å². The Morgan fingerprint density at radius 2 is 2.00 bits per heavy atom. The number of hydrogen-bond acceptors (Lipinski definition) is 4. The molecule has 128 valence electrons. The van der Waals surface area contributed by atoms with E-state index in [0.29, 0.717) is 19.8 Å². The van der Waals surface area contributed by atoms with Gasteiger partial charge in [0.1, 0.15) is 5.75 Å². The summed E-state index contributed by atoms with van der Waals surface area (Å²) >= 11 is 0. The van der Waals surface area contributed by atoms with Crippen molar-refractivity contribution in [2.45, 2.75) is 31.5 Å². The third-order valence-corrected chi connectivity index (χ3v) is 4.39. The zero-order valence-electron chi connectivity index (χ0n) is 14.1. The van der Waals surface area contributed by atoms with Crippen LogP contribution < -0.4 is 10.1 Å². The smallest absolute Gasteiger partial charge is 0.119 e. The maximum Gasteiger partial charge on any atom is 0.119 e. The molecule has 2 aromatic carbocycles. The highest BCUT2D eigenvalue weighted by molar-refractivity contribution is 5.36. The van der Waals surface area contributed by atoms with Crippen molar-refractivity contribution >= 4 is 0 Å². The van der Waals surface area contributed by atoms with Crippen LogP contribution in [-0.4, -0.2) is 31.5 Å². The lowest BCUT2D eigenvalue weighted by atomic mass is 10.1. The fourth-order valence-electron chi connectivity index (χ4n) is 3.19. The van der Waals surface area contributed by atoms with Crippen LogP contribution in [0.15, 0.2) is 48.5 Å². The Balaban J connectivity index is 1.57. The molecule has 4 heteroatoms. The van der Waals surface area contributed by atoms with E-state index in [2.05, 4.69) is 23.5 Å². The molecule has 1 aliphatic carbocycles. The van der Waals surface area contributed by atoms with E-state index in [4.69, 9.17) is 9.47 Å². The number of nitrogens with one attached hydrogen (secondary N) is 1. The van der Waals surface area contributed by atoms with Gasteiger partial charge < -0.3 is 19.9 Å². The second kappa shape index (κ2) is 8.29. The average Bonchev–Trinajstić information content (AvgIpc) is 2.92. The fraction of sp³-hybridized carbons (Fsp3) is 0.400. The van der Waals surface area contributed by atoms with Crippen LogP contribution in [0.1, 0.15) is 29.2 Å². The van der Waals surface area contributed by atoms with Gasteiger partial charge in [0.25, 0.3) is 0 Å². The summed E-state index contributed by atoms with van der Waals surface area (Å²) in [5, 5.41) is 13.8. The van der Waals surface area contributed by atoms with Gasteiger partial charge in [-0.15, -0.1) is 0 Å². The fourth-order valence-corrected chi connectivity index (χ4v) is 3.19. The number of benzene rings is 2. The van der Waals surface area contributed by atoms with Crippen molar-refractivity contribution in [3.05, 3.63) is 65.2 Å². The molecule has 2 atom stereocenters. The van der Waals surface area contributed by atoms with Crippen LogP contribution in [0.25, 0.3) is 0 Å². The summed E-state index contributed by atoms with van der Waals surface area (Å²) in [6, 6.07) is 16.3. The lowest BCUT2D eigenvalue weighted by Gasteiger charge is -2.18. The number of methoxy groups -OCH3 is 1. The second-order valence-corrected chi connectivity index (χ2v) is 6.17. The van der Waals surface area contributed by atoms with Crippen molar-refractivity contribution in [2.75, 3.05) is 20.3 Å². The molecule has 0 aromatic heterocycles. The molecule has 0 fully saturated rings. The molecule has 2 N–H and O–H groups in total. The van der Waals surface area contributed by atoms with Crippen molar-refractivity contribution in [3.8, 4) is 5.75 Å². The molecule has 4 nitrogen and oxygen atoms in total. The molecule has 3 rings (SSSR count). The molecule has 0 radical (unpaired) electrons. The number of hydrogen-bond donors (Lipinski definition) is 2. The van der Waals surface area contributed by atoms with Gasteiger partial charge in [0.05, 0.1) is 18.8 Å². The maximum absolute atomic E-state index is 10.3. The van der Waals surface area contributed by atoms with Crippen LogP contribution in [0.4, 0.5) is 0 Å². The molecule has 0 unspecified atom stereocenters. The zero-order chi connectivity index (χ0) is 16.8. The van der Waals surface area contributed by atoms with Crippen LogP contribution in [0, 0.1) is 0 Å². The molecule has 1 aliphatic rings. The maximum atomic E-state index is 10.3. The minimum atomic E-state index is -0.365. The van der Waals surface area contributed by atoms with Crippen molar-refractivity contribution in [1.29, 1.82) is 0 Å². The Labute approximate surface area is 143 Å². The Morgan fingerprint density at radius 3 is 2.88 bits per heavy atom. The normalized spacial score (nSPS) is 19.2. The summed E-state index contributed by atoms with van der Waals surface area (Å²) in [6.45, 7) is 2.06. The summed E-state index contributed by atoms with van der Waals surface area (Å²) in [4.78, 5) is 0. The molecule has 2 aromatic rings. The van der Waals surface area contributed by atoms with E-state index in [0.717, 1.165) is 24.2 Å². The first-order valence-electron chi connectivity index (χ1n) is 8.48. The monoisotopic (exact) mass is 327 g/mol. The molecule has 0 saturated carbocycles. The Kier molecular flexibility index (Phi) is 5.86. The summed E-state index contributed by atoms with van der Waals surface area (Å²) < 4.78 is 10.8. The van der Waals surface area contributed by atoms with E-state index in [9.17, 15) is 5.11 Å². The number of fused-ring (bicyclic) bond motifs is 1. The number of ether oxygens (including phenoxy) is 2. The van der Waals surface area contributed by atoms with Gasteiger partial charge in [-0.1, -0.05) is 36.4 Å². The average molecular weight is 327 g/mol. The molecule has 0 aliphatic heterocycles. The predicted molar refractivity (Wildman–Crippen MR) is 94.2 cm³/mol. The molecule has 0 bridgehead atoms. The van der Waals surface area contributed by atoms with Crippen LogP contribution in [0.2, 0.25) is 0 Å². The van der Waals surface area contributed by atoms with Gasteiger partial charge in [0.15, 0.2) is 0 Å². The predicted octanol–water partition coefficient (Wildman–Crippen LogP) is 2.85. The first-order valence-corrected chi connectivity index (χ1v) is 8.48. The molecule has 0 amide bonds. The SMILES string of the molecule is COCCCOc1cccc(CN[C@@H]2c3ccccc3C[C@@H]2O)c1. The second-order valence-electron chi connectivity index (χ2n) is 6.17. The highest BCUT2D eigenvalue weighted by Gasteiger charge is 2.29. The van der Waals surface area contributed by atoms with Gasteiger partial charge in [-0.3, -0.25) is 0 Å². The third kappa shape index (κ3) is 4.15. The molecular weight excluding hydrogens is 302 g/mol. The van der Waals surface area contributed by atoms with Crippen LogP contribution in [0.3, 0.4) is 0 Å². The van der Waals surface area contributed by atoms with Crippen LogP contribution >= 0.6 is 0 Å². The summed E-state index contributed by atoms with van der Waals surface area (Å²) in [5.41, 5.74) is 3.59. The minimum absolute atomic E-state index is 0.00697. The molecular formula is C20H25NO3. The van der Waals surface area contributed by atoms with Crippen LogP contribution in [0.5, 0.6) is 5.75 Å². The number of aliphatic hydroxyl groups is 1. The van der Waals surface area contributed by atoms with E-state index in [-0.39, 0.29) is 12.1 Å². The standard InChI is InChI=1S/C20H25NO3/c1-23-10-5-11-24-17-8-4-6-15(12-17)14-21-20-18-9-3-2-7-16(18)13-19(20)22/h2-4,6-9,12,19-22H,5,10-11,13-14H2,1H3/t19-,20+/m0/s1. The summed E-state index contributed by atoms with van der Waals surface area (Å²) in [7, 11) is 1.70. The van der Waals surface area contributed by atoms with E-state index < -0.39 is 0 Å².